The number of hydrogen-bond acceptors (Lipinski definition) is 4. The Hall–Kier alpha value is -0.913. The van der Waals surface area contributed by atoms with Gasteiger partial charge in [0.2, 0.25) is 0 Å². The highest BCUT2D eigenvalue weighted by atomic mass is 28.4. The first kappa shape index (κ1) is 22.1. The van der Waals surface area contributed by atoms with Crippen molar-refractivity contribution in [2.45, 2.75) is 90.5 Å². The highest BCUT2D eigenvalue weighted by molar-refractivity contribution is 6.70. The molecule has 1 rings (SSSR count). The lowest BCUT2D eigenvalue weighted by Gasteiger charge is -2.40. The smallest absolute Gasteiger partial charge is 0.344 e. The summed E-state index contributed by atoms with van der Waals surface area (Å²) in [4.78, 5) is 11.5. The minimum atomic E-state index is -2.37. The normalized spacial score (nSPS) is 23.4. The van der Waals surface area contributed by atoms with Crippen molar-refractivity contribution in [1.29, 1.82) is 0 Å². The molecule has 25 heavy (non-hydrogen) atoms. The van der Waals surface area contributed by atoms with Crippen molar-refractivity contribution < 1.29 is 18.4 Å². The van der Waals surface area contributed by atoms with Crippen LogP contribution in [-0.4, -0.2) is 33.3 Å². The minimum absolute atomic E-state index is 0.0474. The van der Waals surface area contributed by atoms with Crippen molar-refractivity contribution in [1.82, 2.24) is 0 Å². The number of carbonyl (C=O) groups is 1. The molecule has 0 aromatic carbocycles. The molecule has 1 aliphatic heterocycles. The fraction of sp³-hybridized carbons (Fsp3) is 0.750. The molecule has 1 heterocycles. The number of rotatable bonds is 9. The molecule has 0 saturated heterocycles. The average Bonchev–Trinajstić information content (AvgIpc) is 2.74. The van der Waals surface area contributed by atoms with E-state index in [0.29, 0.717) is 24.1 Å². The second kappa shape index (κ2) is 10.9. The molecule has 0 aliphatic carbocycles. The fourth-order valence-electron chi connectivity index (χ4n) is 3.21. The van der Waals surface area contributed by atoms with Crippen LogP contribution in [0, 0.1) is 0 Å². The van der Waals surface area contributed by atoms with Gasteiger partial charge in [-0.3, -0.25) is 0 Å². The van der Waals surface area contributed by atoms with Gasteiger partial charge in [0, 0.05) is 6.08 Å². The summed E-state index contributed by atoms with van der Waals surface area (Å²) in [6.45, 7) is 13.2. The van der Waals surface area contributed by atoms with E-state index in [-0.39, 0.29) is 18.2 Å². The van der Waals surface area contributed by atoms with Crippen LogP contribution in [0.5, 0.6) is 0 Å². The lowest BCUT2D eigenvalue weighted by Crippen LogP contribution is -2.51. The zero-order chi connectivity index (χ0) is 18.9. The molecule has 5 heteroatoms. The molecule has 144 valence electrons. The zero-order valence-electron chi connectivity index (χ0n) is 16.8. The Balaban J connectivity index is 2.91. The van der Waals surface area contributed by atoms with E-state index in [1.54, 1.807) is 0 Å². The summed E-state index contributed by atoms with van der Waals surface area (Å²) >= 11 is 0. The van der Waals surface area contributed by atoms with Gasteiger partial charge < -0.3 is 13.6 Å². The summed E-state index contributed by atoms with van der Waals surface area (Å²) < 4.78 is 18.2. The number of carbonyl (C=O) groups excluding carboxylic acids is 1. The topological polar surface area (TPSA) is 44.8 Å². The largest absolute Gasteiger partial charge is 0.463 e. The molecule has 0 saturated carbocycles. The molecule has 0 bridgehead atoms. The van der Waals surface area contributed by atoms with E-state index >= 15 is 0 Å². The third kappa shape index (κ3) is 6.72. The van der Waals surface area contributed by atoms with Gasteiger partial charge in [0.25, 0.3) is 0 Å². The second-order valence-electron chi connectivity index (χ2n) is 7.26. The molecular formula is C20H36O4Si. The van der Waals surface area contributed by atoms with Gasteiger partial charge in [0.05, 0.1) is 18.8 Å². The Morgan fingerprint density at radius 2 is 1.72 bits per heavy atom. The Labute approximate surface area is 154 Å². The van der Waals surface area contributed by atoms with Gasteiger partial charge in [-0.2, -0.15) is 0 Å². The van der Waals surface area contributed by atoms with Crippen LogP contribution in [0.2, 0.25) is 11.1 Å². The summed E-state index contributed by atoms with van der Waals surface area (Å²) in [5, 5.41) is 0. The lowest BCUT2D eigenvalue weighted by atomic mass is 10.1. The van der Waals surface area contributed by atoms with Gasteiger partial charge in [-0.25, -0.2) is 4.79 Å². The summed E-state index contributed by atoms with van der Waals surface area (Å²) in [5.74, 6) is -0.298. The molecule has 0 unspecified atom stereocenters. The summed E-state index contributed by atoms with van der Waals surface area (Å²) in [5.41, 5.74) is 0.737. The molecule has 4 nitrogen and oxygen atoms in total. The molecule has 2 atom stereocenters. The van der Waals surface area contributed by atoms with Crippen molar-refractivity contribution >= 4 is 14.5 Å². The van der Waals surface area contributed by atoms with E-state index in [0.717, 1.165) is 19.3 Å². The van der Waals surface area contributed by atoms with Crippen molar-refractivity contribution in [3.8, 4) is 0 Å². The van der Waals surface area contributed by atoms with Crippen molar-refractivity contribution in [2.75, 3.05) is 6.61 Å². The van der Waals surface area contributed by atoms with Crippen LogP contribution in [0.3, 0.4) is 0 Å². The standard InChI is InChI=1S/C20H36O4Si/c1-7-9-11-18-14-15-19(12-10-13-20(21)22-8-2)24-25(23-18,16(3)4)17(5)6/h10,13-19H,7-9,11-12H2,1-6H3/b13-10-/t18-,19+/m0/s1. The van der Waals surface area contributed by atoms with Crippen molar-refractivity contribution in [3.63, 3.8) is 0 Å². The maximum atomic E-state index is 11.5. The van der Waals surface area contributed by atoms with Crippen LogP contribution >= 0.6 is 0 Å². The molecule has 0 radical (unpaired) electrons. The highest BCUT2D eigenvalue weighted by Gasteiger charge is 2.48. The third-order valence-electron chi connectivity index (χ3n) is 4.57. The third-order valence-corrected chi connectivity index (χ3v) is 9.13. The minimum Gasteiger partial charge on any atom is -0.463 e. The molecule has 0 aromatic rings. The van der Waals surface area contributed by atoms with Gasteiger partial charge in [0.1, 0.15) is 0 Å². The molecule has 0 spiro atoms. The molecule has 0 fully saturated rings. The van der Waals surface area contributed by atoms with Crippen LogP contribution in [0.4, 0.5) is 0 Å². The second-order valence-corrected chi connectivity index (χ2v) is 11.5. The predicted octanol–water partition coefficient (Wildman–Crippen LogP) is 5.29. The summed E-state index contributed by atoms with van der Waals surface area (Å²) in [6.07, 6.45) is 11.7. The van der Waals surface area contributed by atoms with E-state index in [1.807, 2.05) is 13.0 Å². The van der Waals surface area contributed by atoms with Gasteiger partial charge >= 0.3 is 14.5 Å². The Kier molecular flexibility index (Phi) is 9.68. The van der Waals surface area contributed by atoms with Crippen LogP contribution < -0.4 is 0 Å². The summed E-state index contributed by atoms with van der Waals surface area (Å²) in [6, 6.07) is 0. The van der Waals surface area contributed by atoms with Crippen LogP contribution in [0.15, 0.2) is 24.3 Å². The Morgan fingerprint density at radius 3 is 2.28 bits per heavy atom. The number of ether oxygens (including phenoxy) is 1. The number of hydrogen-bond donors (Lipinski definition) is 0. The first-order valence-electron chi connectivity index (χ1n) is 9.72. The SMILES string of the molecule is CCCC[C@H]1C=C[C@@H](C/C=C\C(=O)OCC)O[Si](C(C)C)(C(C)C)O1. The lowest BCUT2D eigenvalue weighted by molar-refractivity contribution is -0.137. The number of unbranched alkanes of at least 4 members (excludes halogenated alkanes) is 1. The van der Waals surface area contributed by atoms with Crippen LogP contribution in [-0.2, 0) is 18.4 Å². The Bertz CT molecular complexity index is 449. The quantitative estimate of drug-likeness (QED) is 0.240. The van der Waals surface area contributed by atoms with E-state index < -0.39 is 8.56 Å². The van der Waals surface area contributed by atoms with Crippen LogP contribution in [0.25, 0.3) is 0 Å². The first-order valence-corrected chi connectivity index (χ1v) is 11.7. The van der Waals surface area contributed by atoms with Gasteiger partial charge in [-0.05, 0) is 30.8 Å². The Morgan fingerprint density at radius 1 is 1.12 bits per heavy atom. The molecule has 1 aliphatic rings. The fourth-order valence-corrected chi connectivity index (χ4v) is 7.01. The van der Waals surface area contributed by atoms with Gasteiger partial charge in [-0.1, -0.05) is 65.7 Å². The van der Waals surface area contributed by atoms with Gasteiger partial charge in [0.15, 0.2) is 0 Å². The molecular weight excluding hydrogens is 332 g/mol. The van der Waals surface area contributed by atoms with E-state index in [4.69, 9.17) is 13.6 Å². The maximum absolute atomic E-state index is 11.5. The van der Waals surface area contributed by atoms with Crippen LogP contribution in [0.1, 0.15) is 67.2 Å². The average molecular weight is 369 g/mol. The summed E-state index contributed by atoms with van der Waals surface area (Å²) in [7, 11) is -2.37. The van der Waals surface area contributed by atoms with E-state index in [1.165, 1.54) is 6.08 Å². The monoisotopic (exact) mass is 368 g/mol. The first-order chi connectivity index (χ1) is 11.9. The molecule has 0 aromatic heterocycles. The van der Waals surface area contributed by atoms with Crippen molar-refractivity contribution in [2.24, 2.45) is 0 Å². The predicted molar refractivity (Wildman–Crippen MR) is 105 cm³/mol. The number of esters is 1. The van der Waals surface area contributed by atoms with E-state index in [9.17, 15) is 4.79 Å². The zero-order valence-corrected chi connectivity index (χ0v) is 17.8. The van der Waals surface area contributed by atoms with Crippen molar-refractivity contribution in [3.05, 3.63) is 24.3 Å². The molecule has 0 amide bonds. The maximum Gasteiger partial charge on any atom is 0.344 e. The van der Waals surface area contributed by atoms with E-state index in [2.05, 4.69) is 46.8 Å². The van der Waals surface area contributed by atoms with Gasteiger partial charge in [-0.15, -0.1) is 0 Å². The highest BCUT2D eigenvalue weighted by Crippen LogP contribution is 2.39. The molecule has 0 N–H and O–H groups in total.